The molecule has 1 aromatic carbocycles. The second kappa shape index (κ2) is 6.65. The van der Waals surface area contributed by atoms with Crippen molar-refractivity contribution in [2.24, 2.45) is 0 Å². The Morgan fingerprint density at radius 3 is 2.50 bits per heavy atom. The minimum Gasteiger partial charge on any atom is -0.464 e. The van der Waals surface area contributed by atoms with Crippen molar-refractivity contribution in [2.45, 2.75) is 13.5 Å². The highest BCUT2D eigenvalue weighted by atomic mass is 16.5. The summed E-state index contributed by atoms with van der Waals surface area (Å²) in [4.78, 5) is 21.8. The molecule has 0 saturated carbocycles. The van der Waals surface area contributed by atoms with Crippen LogP contribution in [0.3, 0.4) is 0 Å². The Bertz CT molecular complexity index is 555. The zero-order chi connectivity index (χ0) is 14.4. The maximum absolute atomic E-state index is 11.3. The Balaban J connectivity index is 2.13. The number of carbonyl (C=O) groups is 1. The van der Waals surface area contributed by atoms with Crippen molar-refractivity contribution in [3.63, 3.8) is 0 Å². The molecule has 0 amide bonds. The van der Waals surface area contributed by atoms with E-state index in [2.05, 4.69) is 38.7 Å². The molecule has 1 heterocycles. The molecule has 5 heteroatoms. The molecule has 0 aliphatic rings. The lowest BCUT2D eigenvalue weighted by Crippen LogP contribution is -2.23. The number of methoxy groups -OCH3 is 1. The van der Waals surface area contributed by atoms with Gasteiger partial charge < -0.3 is 9.64 Å². The highest BCUT2D eigenvalue weighted by Gasteiger charge is 2.11. The number of esters is 1. The summed E-state index contributed by atoms with van der Waals surface area (Å²) in [6, 6.07) is 10.1. The van der Waals surface area contributed by atoms with Gasteiger partial charge in [0.05, 0.1) is 19.5 Å². The molecule has 1 aromatic heterocycles. The molecule has 0 unspecified atom stereocenters. The largest absolute Gasteiger partial charge is 0.464 e. The second-order valence-electron chi connectivity index (χ2n) is 4.25. The molecule has 0 atom stereocenters. The molecule has 0 spiro atoms. The summed E-state index contributed by atoms with van der Waals surface area (Å²) in [5.74, 6) is 0.263. The summed E-state index contributed by atoms with van der Waals surface area (Å²) in [5, 5.41) is 0. The zero-order valence-corrected chi connectivity index (χ0v) is 11.6. The Hall–Kier alpha value is -2.43. The van der Waals surface area contributed by atoms with Gasteiger partial charge in [-0.25, -0.2) is 14.8 Å². The van der Waals surface area contributed by atoms with Gasteiger partial charge in [0.25, 0.3) is 0 Å². The van der Waals surface area contributed by atoms with Crippen LogP contribution in [0.25, 0.3) is 0 Å². The van der Waals surface area contributed by atoms with Gasteiger partial charge in [-0.3, -0.25) is 0 Å². The van der Waals surface area contributed by atoms with E-state index in [0.717, 1.165) is 18.9 Å². The van der Waals surface area contributed by atoms with Crippen molar-refractivity contribution in [3.8, 4) is 0 Å². The first-order valence-electron chi connectivity index (χ1n) is 6.43. The van der Waals surface area contributed by atoms with Crippen molar-refractivity contribution >= 4 is 11.8 Å². The van der Waals surface area contributed by atoms with Gasteiger partial charge in [0.2, 0.25) is 0 Å². The summed E-state index contributed by atoms with van der Waals surface area (Å²) < 4.78 is 4.60. The molecule has 0 N–H and O–H groups in total. The van der Waals surface area contributed by atoms with Crippen LogP contribution in [0.2, 0.25) is 0 Å². The van der Waals surface area contributed by atoms with E-state index in [-0.39, 0.29) is 5.69 Å². The van der Waals surface area contributed by atoms with Crippen LogP contribution in [0.15, 0.2) is 42.7 Å². The third-order valence-electron chi connectivity index (χ3n) is 2.95. The van der Waals surface area contributed by atoms with Gasteiger partial charge in [-0.2, -0.15) is 0 Å². The summed E-state index contributed by atoms with van der Waals surface area (Å²) >= 11 is 0. The predicted octanol–water partition coefficient (Wildman–Crippen LogP) is 2.29. The molecule has 5 nitrogen and oxygen atoms in total. The van der Waals surface area contributed by atoms with Gasteiger partial charge in [0.1, 0.15) is 5.82 Å². The number of anilines is 1. The van der Waals surface area contributed by atoms with Crippen molar-refractivity contribution in [2.75, 3.05) is 18.6 Å². The Labute approximate surface area is 118 Å². The summed E-state index contributed by atoms with van der Waals surface area (Å²) in [6.45, 7) is 3.61. The highest BCUT2D eigenvalue weighted by molar-refractivity contribution is 5.86. The fourth-order valence-corrected chi connectivity index (χ4v) is 1.85. The van der Waals surface area contributed by atoms with E-state index >= 15 is 0 Å². The summed E-state index contributed by atoms with van der Waals surface area (Å²) in [6.07, 6.45) is 3.04. The number of hydrogen-bond donors (Lipinski definition) is 0. The average molecular weight is 271 g/mol. The fraction of sp³-hybridized carbons (Fsp3) is 0.267. The third kappa shape index (κ3) is 3.32. The number of aromatic nitrogens is 2. The van der Waals surface area contributed by atoms with E-state index in [1.54, 1.807) is 6.20 Å². The molecule has 0 bridgehead atoms. The van der Waals surface area contributed by atoms with Gasteiger partial charge in [0.15, 0.2) is 5.69 Å². The van der Waals surface area contributed by atoms with Crippen LogP contribution < -0.4 is 4.90 Å². The van der Waals surface area contributed by atoms with Crippen LogP contribution in [0, 0.1) is 0 Å². The minimum absolute atomic E-state index is 0.215. The van der Waals surface area contributed by atoms with Crippen LogP contribution in [0.4, 0.5) is 5.82 Å². The van der Waals surface area contributed by atoms with Gasteiger partial charge in [-0.15, -0.1) is 0 Å². The lowest BCUT2D eigenvalue weighted by molar-refractivity contribution is 0.0593. The molecule has 2 rings (SSSR count). The van der Waals surface area contributed by atoms with Crippen molar-refractivity contribution in [3.05, 3.63) is 54.0 Å². The van der Waals surface area contributed by atoms with Gasteiger partial charge in [0, 0.05) is 13.1 Å². The van der Waals surface area contributed by atoms with Gasteiger partial charge >= 0.3 is 5.97 Å². The lowest BCUT2D eigenvalue weighted by atomic mass is 10.2. The molecule has 0 fully saturated rings. The first-order valence-corrected chi connectivity index (χ1v) is 6.43. The average Bonchev–Trinajstić information content (AvgIpc) is 2.53. The smallest absolute Gasteiger partial charge is 0.358 e. The van der Waals surface area contributed by atoms with E-state index in [0.29, 0.717) is 0 Å². The van der Waals surface area contributed by atoms with E-state index in [1.165, 1.54) is 18.9 Å². The number of benzene rings is 1. The molecule has 0 saturated heterocycles. The van der Waals surface area contributed by atoms with E-state index in [1.807, 2.05) is 18.2 Å². The Kier molecular flexibility index (Phi) is 4.65. The van der Waals surface area contributed by atoms with Crippen LogP contribution in [-0.4, -0.2) is 29.6 Å². The maximum Gasteiger partial charge on any atom is 0.358 e. The first-order chi connectivity index (χ1) is 9.74. The fourth-order valence-electron chi connectivity index (χ4n) is 1.85. The third-order valence-corrected chi connectivity index (χ3v) is 2.95. The van der Waals surface area contributed by atoms with Crippen molar-refractivity contribution in [1.29, 1.82) is 0 Å². The van der Waals surface area contributed by atoms with E-state index in [9.17, 15) is 4.79 Å². The van der Waals surface area contributed by atoms with Gasteiger partial charge in [-0.1, -0.05) is 30.3 Å². The standard InChI is InChI=1S/C15H17N3O2/c1-3-18(11-12-7-5-4-6-8-12)14-10-16-13(9-17-14)15(19)20-2/h4-10H,3,11H2,1-2H3. The van der Waals surface area contributed by atoms with Gasteiger partial charge in [-0.05, 0) is 12.5 Å². The highest BCUT2D eigenvalue weighted by Crippen LogP contribution is 2.13. The number of hydrogen-bond acceptors (Lipinski definition) is 5. The quantitative estimate of drug-likeness (QED) is 0.781. The Morgan fingerprint density at radius 2 is 1.95 bits per heavy atom. The number of nitrogens with zero attached hydrogens (tertiary/aromatic N) is 3. The molecule has 0 aliphatic carbocycles. The monoisotopic (exact) mass is 271 g/mol. The maximum atomic E-state index is 11.3. The first kappa shape index (κ1) is 14.0. The minimum atomic E-state index is -0.477. The van der Waals surface area contributed by atoms with Crippen LogP contribution in [0.5, 0.6) is 0 Å². The zero-order valence-electron chi connectivity index (χ0n) is 11.6. The lowest BCUT2D eigenvalue weighted by Gasteiger charge is -2.21. The van der Waals surface area contributed by atoms with Crippen LogP contribution >= 0.6 is 0 Å². The topological polar surface area (TPSA) is 55.3 Å². The summed E-state index contributed by atoms with van der Waals surface area (Å²) in [7, 11) is 1.33. The van der Waals surface area contributed by atoms with E-state index in [4.69, 9.17) is 0 Å². The molecule has 20 heavy (non-hydrogen) atoms. The molecule has 104 valence electrons. The second-order valence-corrected chi connectivity index (χ2v) is 4.25. The molecule has 2 aromatic rings. The number of rotatable bonds is 5. The number of carbonyl (C=O) groups excluding carboxylic acids is 1. The summed E-state index contributed by atoms with van der Waals surface area (Å²) in [5.41, 5.74) is 1.42. The van der Waals surface area contributed by atoms with E-state index < -0.39 is 5.97 Å². The molecular weight excluding hydrogens is 254 g/mol. The number of ether oxygens (including phenoxy) is 1. The van der Waals surface area contributed by atoms with Crippen molar-refractivity contribution in [1.82, 2.24) is 9.97 Å². The van der Waals surface area contributed by atoms with Crippen molar-refractivity contribution < 1.29 is 9.53 Å². The van der Waals surface area contributed by atoms with Crippen LogP contribution in [0.1, 0.15) is 23.0 Å². The normalized spacial score (nSPS) is 10.1. The van der Waals surface area contributed by atoms with Crippen LogP contribution in [-0.2, 0) is 11.3 Å². The SMILES string of the molecule is CCN(Cc1ccccc1)c1cnc(C(=O)OC)cn1. The molecule has 0 aliphatic heterocycles. The predicted molar refractivity (Wildman–Crippen MR) is 76.5 cm³/mol. The Morgan fingerprint density at radius 1 is 1.20 bits per heavy atom. The molecule has 0 radical (unpaired) electrons. The molecular formula is C15H17N3O2.